The maximum absolute atomic E-state index is 4.94. The molecule has 0 heterocycles. The average molecular weight is 201 g/mol. The number of rotatable bonds is 8. The molecule has 0 N–H and O–H groups in total. The van der Waals surface area contributed by atoms with Gasteiger partial charge in [0.1, 0.15) is 0 Å². The second-order valence-electron chi connectivity index (χ2n) is 2.91. The predicted molar refractivity (Wildman–Crippen MR) is 61.9 cm³/mol. The van der Waals surface area contributed by atoms with Crippen molar-refractivity contribution in [2.45, 2.75) is 46.0 Å². The van der Waals surface area contributed by atoms with Crippen molar-refractivity contribution in [3.05, 3.63) is 19.4 Å². The van der Waals surface area contributed by atoms with Crippen molar-refractivity contribution in [3.8, 4) is 0 Å². The van der Waals surface area contributed by atoms with Crippen molar-refractivity contribution < 1.29 is 9.47 Å². The van der Waals surface area contributed by atoms with Crippen molar-refractivity contribution in [1.82, 2.24) is 0 Å². The lowest BCUT2D eigenvalue weighted by Gasteiger charge is -1.97. The largest absolute Gasteiger partial charge is 0.502 e. The zero-order valence-corrected chi connectivity index (χ0v) is 9.92. The molecule has 0 saturated carbocycles. The normalized spacial score (nSPS) is 8.79. The Hall–Kier alpha value is -0.500. The van der Waals surface area contributed by atoms with E-state index in [1.807, 2.05) is 6.92 Å². The topological polar surface area (TPSA) is 18.5 Å². The molecule has 1 radical (unpaired) electrons. The van der Waals surface area contributed by atoms with Gasteiger partial charge in [-0.15, -0.1) is 0 Å². The van der Waals surface area contributed by atoms with E-state index in [-0.39, 0.29) is 0 Å². The third-order valence-electron chi connectivity index (χ3n) is 1.57. The van der Waals surface area contributed by atoms with Gasteiger partial charge in [0.25, 0.3) is 0 Å². The summed E-state index contributed by atoms with van der Waals surface area (Å²) in [6.45, 7) is 10.3. The molecular weight excluding hydrogens is 176 g/mol. The fourth-order valence-electron chi connectivity index (χ4n) is 0.862. The van der Waals surface area contributed by atoms with E-state index in [4.69, 9.17) is 4.74 Å². The maximum atomic E-state index is 4.94. The van der Waals surface area contributed by atoms with Gasteiger partial charge in [0, 0.05) is 7.11 Å². The standard InChI is InChI=1S/C8H16O.C4H9O/c1-3-5-6-7-8-9-4-2;1-3-4-5-2/h4H,2-3,5-8H2,1H3;4H,3H2,1-2H3. The van der Waals surface area contributed by atoms with E-state index in [9.17, 15) is 0 Å². The highest BCUT2D eigenvalue weighted by molar-refractivity contribution is 4.48. The maximum Gasteiger partial charge on any atom is 0.0873 e. The van der Waals surface area contributed by atoms with Gasteiger partial charge in [-0.05, 0) is 12.8 Å². The van der Waals surface area contributed by atoms with Crippen LogP contribution in [0.25, 0.3) is 0 Å². The molecule has 0 aliphatic rings. The minimum atomic E-state index is 0.837. The Bertz CT molecular complexity index is 90.3. The third-order valence-corrected chi connectivity index (χ3v) is 1.57. The molecule has 0 aromatic rings. The molecule has 0 spiro atoms. The molecule has 0 aromatic carbocycles. The van der Waals surface area contributed by atoms with Gasteiger partial charge < -0.3 is 9.47 Å². The predicted octanol–water partition coefficient (Wildman–Crippen LogP) is 3.93. The summed E-state index contributed by atoms with van der Waals surface area (Å²) in [7, 11) is 1.66. The Labute approximate surface area is 89.3 Å². The highest BCUT2D eigenvalue weighted by Gasteiger charge is 1.84. The first kappa shape index (κ1) is 15.9. The van der Waals surface area contributed by atoms with Gasteiger partial charge in [-0.25, -0.2) is 0 Å². The van der Waals surface area contributed by atoms with Crippen LogP contribution in [-0.2, 0) is 9.47 Å². The molecular formula is C12H25O2. The van der Waals surface area contributed by atoms with E-state index >= 15 is 0 Å². The summed E-state index contributed by atoms with van der Waals surface area (Å²) in [6.07, 6.45) is 7.56. The Balaban J connectivity index is 0. The molecule has 85 valence electrons. The van der Waals surface area contributed by atoms with Crippen molar-refractivity contribution in [1.29, 1.82) is 0 Å². The van der Waals surface area contributed by atoms with Crippen LogP contribution < -0.4 is 0 Å². The van der Waals surface area contributed by atoms with E-state index in [0.717, 1.165) is 13.0 Å². The number of hydrogen-bond acceptors (Lipinski definition) is 2. The number of hydrogen-bond donors (Lipinski definition) is 0. The van der Waals surface area contributed by atoms with Crippen LogP contribution in [0, 0.1) is 6.61 Å². The molecule has 0 unspecified atom stereocenters. The Morgan fingerprint density at radius 2 is 1.86 bits per heavy atom. The van der Waals surface area contributed by atoms with E-state index in [1.54, 1.807) is 13.7 Å². The van der Waals surface area contributed by atoms with Gasteiger partial charge >= 0.3 is 0 Å². The lowest BCUT2D eigenvalue weighted by Crippen LogP contribution is -1.86. The minimum absolute atomic E-state index is 0.837. The smallest absolute Gasteiger partial charge is 0.0873 e. The lowest BCUT2D eigenvalue weighted by atomic mass is 10.2. The average Bonchev–Trinajstić information content (AvgIpc) is 2.20. The fraction of sp³-hybridized carbons (Fsp3) is 0.750. The first-order valence-electron chi connectivity index (χ1n) is 5.40. The van der Waals surface area contributed by atoms with Crippen LogP contribution in [0.3, 0.4) is 0 Å². The number of methoxy groups -OCH3 is 1. The summed E-state index contributed by atoms with van der Waals surface area (Å²) in [5.41, 5.74) is 0. The molecule has 0 rings (SSSR count). The monoisotopic (exact) mass is 201 g/mol. The molecule has 0 aliphatic carbocycles. The first-order valence-corrected chi connectivity index (χ1v) is 5.40. The summed E-state index contributed by atoms with van der Waals surface area (Å²) in [6, 6.07) is 0. The molecule has 2 heteroatoms. The molecule has 2 nitrogen and oxygen atoms in total. The van der Waals surface area contributed by atoms with Crippen LogP contribution >= 0.6 is 0 Å². The Morgan fingerprint density at radius 3 is 2.21 bits per heavy atom. The second-order valence-corrected chi connectivity index (χ2v) is 2.91. The quantitative estimate of drug-likeness (QED) is 0.437. The molecule has 0 saturated heterocycles. The van der Waals surface area contributed by atoms with Crippen molar-refractivity contribution in [3.63, 3.8) is 0 Å². The van der Waals surface area contributed by atoms with Gasteiger partial charge in [-0.2, -0.15) is 0 Å². The third kappa shape index (κ3) is 22.5. The van der Waals surface area contributed by atoms with Crippen molar-refractivity contribution in [2.75, 3.05) is 13.7 Å². The van der Waals surface area contributed by atoms with Crippen LogP contribution in [0.1, 0.15) is 46.0 Å². The van der Waals surface area contributed by atoms with Crippen molar-refractivity contribution in [2.24, 2.45) is 0 Å². The first-order chi connectivity index (χ1) is 6.83. The molecule has 0 aliphatic heterocycles. The highest BCUT2D eigenvalue weighted by atomic mass is 16.5. The Kier molecular flexibility index (Phi) is 20.9. The highest BCUT2D eigenvalue weighted by Crippen LogP contribution is 1.98. The molecule has 0 amide bonds. The zero-order chi connectivity index (χ0) is 11.1. The molecule has 14 heavy (non-hydrogen) atoms. The van der Waals surface area contributed by atoms with Gasteiger partial charge in [0.05, 0.1) is 19.5 Å². The van der Waals surface area contributed by atoms with E-state index in [2.05, 4.69) is 18.2 Å². The summed E-state index contributed by atoms with van der Waals surface area (Å²) in [5.74, 6) is 0. The SMILES string of the molecule is C=COCCCCCC.CC[CH]OC. The van der Waals surface area contributed by atoms with Crippen LogP contribution in [-0.4, -0.2) is 13.7 Å². The van der Waals surface area contributed by atoms with Crippen LogP contribution in [0.4, 0.5) is 0 Å². The minimum Gasteiger partial charge on any atom is -0.502 e. The lowest BCUT2D eigenvalue weighted by molar-refractivity contribution is 0.242. The van der Waals surface area contributed by atoms with Crippen LogP contribution in [0.2, 0.25) is 0 Å². The second kappa shape index (κ2) is 18.3. The van der Waals surface area contributed by atoms with Crippen LogP contribution in [0.5, 0.6) is 0 Å². The zero-order valence-electron chi connectivity index (χ0n) is 9.92. The van der Waals surface area contributed by atoms with Gasteiger partial charge in [-0.3, -0.25) is 0 Å². The summed E-state index contributed by atoms with van der Waals surface area (Å²) < 4.78 is 9.51. The van der Waals surface area contributed by atoms with Crippen LogP contribution in [0.15, 0.2) is 12.8 Å². The fourth-order valence-corrected chi connectivity index (χ4v) is 0.862. The van der Waals surface area contributed by atoms with E-state index in [0.29, 0.717) is 0 Å². The molecule has 0 aromatic heterocycles. The summed E-state index contributed by atoms with van der Waals surface area (Å²) >= 11 is 0. The van der Waals surface area contributed by atoms with Gasteiger partial charge in [0.2, 0.25) is 0 Å². The number of ether oxygens (including phenoxy) is 2. The molecule has 0 bridgehead atoms. The van der Waals surface area contributed by atoms with Gasteiger partial charge in [-0.1, -0.05) is 39.7 Å². The molecule has 0 fully saturated rings. The van der Waals surface area contributed by atoms with Crippen molar-refractivity contribution >= 4 is 0 Å². The molecule has 0 atom stereocenters. The Morgan fingerprint density at radius 1 is 1.14 bits per heavy atom. The van der Waals surface area contributed by atoms with Gasteiger partial charge in [0.15, 0.2) is 0 Å². The number of unbranched alkanes of at least 4 members (excludes halogenated alkanes) is 3. The summed E-state index contributed by atoms with van der Waals surface area (Å²) in [4.78, 5) is 0. The van der Waals surface area contributed by atoms with E-state index in [1.165, 1.54) is 31.9 Å². The summed E-state index contributed by atoms with van der Waals surface area (Å²) in [5, 5.41) is 0. The van der Waals surface area contributed by atoms with E-state index < -0.39 is 0 Å².